The minimum Gasteiger partial charge on any atom is -0.458 e. The summed E-state index contributed by atoms with van der Waals surface area (Å²) < 4.78 is 11.1. The fraction of sp³-hybridized carbons (Fsp3) is 0.464. The SMILES string of the molecule is Cc1ccc(NC(=O)COC(=O)c2ccccc2C(=O)O[C@@H]2C[C@@H](C)CC[C@H]2C(C)C)c(C)c1. The van der Waals surface area contributed by atoms with Crippen LogP contribution in [0.1, 0.15) is 71.9 Å². The maximum absolute atomic E-state index is 13.0. The van der Waals surface area contributed by atoms with Crippen molar-refractivity contribution in [1.29, 1.82) is 0 Å². The lowest BCUT2D eigenvalue weighted by atomic mass is 9.75. The molecular formula is C28H35NO5. The predicted molar refractivity (Wildman–Crippen MR) is 132 cm³/mol. The van der Waals surface area contributed by atoms with Crippen LogP contribution >= 0.6 is 0 Å². The molecule has 182 valence electrons. The first-order valence-corrected chi connectivity index (χ1v) is 12.0. The number of nitrogens with one attached hydrogen (secondary N) is 1. The van der Waals surface area contributed by atoms with Crippen LogP contribution in [0, 0.1) is 31.6 Å². The zero-order valence-corrected chi connectivity index (χ0v) is 20.7. The van der Waals surface area contributed by atoms with E-state index >= 15 is 0 Å². The van der Waals surface area contributed by atoms with E-state index in [4.69, 9.17) is 9.47 Å². The molecule has 0 heterocycles. The molecule has 0 bridgehead atoms. The van der Waals surface area contributed by atoms with Gasteiger partial charge in [0.05, 0.1) is 11.1 Å². The molecule has 1 saturated carbocycles. The van der Waals surface area contributed by atoms with Gasteiger partial charge in [-0.1, -0.05) is 57.0 Å². The Morgan fingerprint density at radius 1 is 1.00 bits per heavy atom. The minimum absolute atomic E-state index is 0.0942. The number of carbonyl (C=O) groups excluding carboxylic acids is 3. The highest BCUT2D eigenvalue weighted by atomic mass is 16.5. The third-order valence-electron chi connectivity index (χ3n) is 6.58. The van der Waals surface area contributed by atoms with Crippen LogP contribution in [-0.2, 0) is 14.3 Å². The number of carbonyl (C=O) groups is 3. The van der Waals surface area contributed by atoms with Gasteiger partial charge in [-0.15, -0.1) is 0 Å². The van der Waals surface area contributed by atoms with E-state index in [9.17, 15) is 14.4 Å². The molecule has 0 radical (unpaired) electrons. The molecule has 34 heavy (non-hydrogen) atoms. The third-order valence-corrected chi connectivity index (χ3v) is 6.58. The fourth-order valence-electron chi connectivity index (χ4n) is 4.64. The summed E-state index contributed by atoms with van der Waals surface area (Å²) in [4.78, 5) is 38.1. The van der Waals surface area contributed by atoms with Gasteiger partial charge in [0.1, 0.15) is 6.10 Å². The molecule has 1 aliphatic carbocycles. The third kappa shape index (κ3) is 6.46. The molecule has 2 aromatic rings. The summed E-state index contributed by atoms with van der Waals surface area (Å²) >= 11 is 0. The first kappa shape index (κ1) is 25.5. The lowest BCUT2D eigenvalue weighted by Gasteiger charge is -2.36. The summed E-state index contributed by atoms with van der Waals surface area (Å²) in [5.41, 5.74) is 2.93. The lowest BCUT2D eigenvalue weighted by molar-refractivity contribution is -0.119. The molecule has 0 unspecified atom stereocenters. The van der Waals surface area contributed by atoms with Crippen molar-refractivity contribution in [2.75, 3.05) is 11.9 Å². The van der Waals surface area contributed by atoms with E-state index < -0.39 is 24.5 Å². The first-order chi connectivity index (χ1) is 16.2. The number of hydrogen-bond donors (Lipinski definition) is 1. The highest BCUT2D eigenvalue weighted by Crippen LogP contribution is 2.35. The van der Waals surface area contributed by atoms with Crippen molar-refractivity contribution >= 4 is 23.5 Å². The smallest absolute Gasteiger partial charge is 0.339 e. The van der Waals surface area contributed by atoms with Crippen molar-refractivity contribution < 1.29 is 23.9 Å². The van der Waals surface area contributed by atoms with Crippen molar-refractivity contribution in [3.05, 3.63) is 64.7 Å². The molecule has 0 saturated heterocycles. The maximum atomic E-state index is 13.0. The number of aryl methyl sites for hydroxylation is 2. The van der Waals surface area contributed by atoms with Gasteiger partial charge >= 0.3 is 11.9 Å². The van der Waals surface area contributed by atoms with Crippen LogP contribution in [0.15, 0.2) is 42.5 Å². The molecule has 3 atom stereocenters. The summed E-state index contributed by atoms with van der Waals surface area (Å²) in [6.45, 7) is 9.89. The number of ether oxygens (including phenoxy) is 2. The Balaban J connectivity index is 1.65. The minimum atomic E-state index is -0.735. The van der Waals surface area contributed by atoms with E-state index in [-0.39, 0.29) is 17.2 Å². The number of rotatable bonds is 7. The highest BCUT2D eigenvalue weighted by molar-refractivity contribution is 6.04. The number of hydrogen-bond acceptors (Lipinski definition) is 5. The van der Waals surface area contributed by atoms with E-state index in [1.165, 1.54) is 6.07 Å². The largest absolute Gasteiger partial charge is 0.458 e. The molecular weight excluding hydrogens is 430 g/mol. The standard InChI is InChI=1S/C28H35NO5/c1-17(2)21-12-10-19(4)15-25(21)34-28(32)23-9-7-6-8-22(23)27(31)33-16-26(30)29-24-13-11-18(3)14-20(24)5/h6-9,11,13-14,17,19,21,25H,10,12,15-16H2,1-5H3,(H,29,30)/t19-,21-,25+/m0/s1. The average molecular weight is 466 g/mol. The monoisotopic (exact) mass is 465 g/mol. The molecule has 6 heteroatoms. The Morgan fingerprint density at radius 3 is 2.32 bits per heavy atom. The van der Waals surface area contributed by atoms with Crippen molar-refractivity contribution in [1.82, 2.24) is 0 Å². The van der Waals surface area contributed by atoms with E-state index in [0.717, 1.165) is 30.4 Å². The molecule has 6 nitrogen and oxygen atoms in total. The van der Waals surface area contributed by atoms with Crippen molar-refractivity contribution in [2.45, 2.75) is 60.0 Å². The van der Waals surface area contributed by atoms with Gasteiger partial charge < -0.3 is 14.8 Å². The summed E-state index contributed by atoms with van der Waals surface area (Å²) in [7, 11) is 0. The number of benzene rings is 2. The molecule has 0 aliphatic heterocycles. The van der Waals surface area contributed by atoms with Gasteiger partial charge in [-0.3, -0.25) is 4.79 Å². The second-order valence-electron chi connectivity index (χ2n) is 9.76. The summed E-state index contributed by atoms with van der Waals surface area (Å²) in [5, 5.41) is 2.75. The van der Waals surface area contributed by atoms with Crippen LogP contribution in [0.5, 0.6) is 0 Å². The molecule has 1 fully saturated rings. The van der Waals surface area contributed by atoms with Gasteiger partial charge in [-0.05, 0) is 68.2 Å². The van der Waals surface area contributed by atoms with Gasteiger partial charge in [0.25, 0.3) is 5.91 Å². The Hall–Kier alpha value is -3.15. The second kappa shape index (κ2) is 11.3. The Kier molecular flexibility index (Phi) is 8.48. The summed E-state index contributed by atoms with van der Waals surface area (Å²) in [6.07, 6.45) is 2.80. The molecule has 0 spiro atoms. The average Bonchev–Trinajstić information content (AvgIpc) is 2.79. The van der Waals surface area contributed by atoms with Gasteiger partial charge in [-0.2, -0.15) is 0 Å². The van der Waals surface area contributed by atoms with Crippen LogP contribution in [0.4, 0.5) is 5.69 Å². The second-order valence-corrected chi connectivity index (χ2v) is 9.76. The van der Waals surface area contributed by atoms with Crippen LogP contribution < -0.4 is 5.32 Å². The first-order valence-electron chi connectivity index (χ1n) is 12.0. The van der Waals surface area contributed by atoms with Crippen molar-refractivity contribution in [3.8, 4) is 0 Å². The van der Waals surface area contributed by atoms with Gasteiger partial charge in [0, 0.05) is 5.69 Å². The van der Waals surface area contributed by atoms with Crippen LogP contribution in [0.25, 0.3) is 0 Å². The fourth-order valence-corrected chi connectivity index (χ4v) is 4.64. The lowest BCUT2D eigenvalue weighted by Crippen LogP contribution is -2.36. The van der Waals surface area contributed by atoms with E-state index in [2.05, 4.69) is 26.1 Å². The Morgan fingerprint density at radius 2 is 1.68 bits per heavy atom. The number of anilines is 1. The normalized spacial score (nSPS) is 20.0. The summed E-state index contributed by atoms with van der Waals surface area (Å²) in [5.74, 6) is -0.521. The van der Waals surface area contributed by atoms with E-state index in [1.807, 2.05) is 32.0 Å². The Labute approximate surface area is 202 Å². The quantitative estimate of drug-likeness (QED) is 0.529. The molecule has 2 aromatic carbocycles. The topological polar surface area (TPSA) is 81.7 Å². The Bertz CT molecular complexity index is 1040. The number of amides is 1. The van der Waals surface area contributed by atoms with Crippen molar-refractivity contribution in [2.24, 2.45) is 17.8 Å². The predicted octanol–water partition coefficient (Wildman–Crippen LogP) is 5.72. The van der Waals surface area contributed by atoms with Crippen LogP contribution in [0.2, 0.25) is 0 Å². The molecule has 0 aromatic heterocycles. The van der Waals surface area contributed by atoms with Gasteiger partial charge in [0.2, 0.25) is 0 Å². The van der Waals surface area contributed by atoms with Crippen molar-refractivity contribution in [3.63, 3.8) is 0 Å². The van der Waals surface area contributed by atoms with E-state index in [0.29, 0.717) is 23.4 Å². The molecule has 1 aliphatic rings. The molecule has 3 rings (SSSR count). The maximum Gasteiger partial charge on any atom is 0.339 e. The van der Waals surface area contributed by atoms with Crippen LogP contribution in [-0.4, -0.2) is 30.6 Å². The van der Waals surface area contributed by atoms with Crippen LogP contribution in [0.3, 0.4) is 0 Å². The number of esters is 2. The van der Waals surface area contributed by atoms with Gasteiger partial charge in [0.15, 0.2) is 6.61 Å². The highest BCUT2D eigenvalue weighted by Gasteiger charge is 2.34. The molecule has 1 amide bonds. The molecule has 1 N–H and O–H groups in total. The zero-order chi connectivity index (χ0) is 24.8. The van der Waals surface area contributed by atoms with E-state index in [1.54, 1.807) is 18.2 Å². The zero-order valence-electron chi connectivity index (χ0n) is 20.7. The summed E-state index contributed by atoms with van der Waals surface area (Å²) in [6, 6.07) is 12.1. The van der Waals surface area contributed by atoms with Gasteiger partial charge in [-0.25, -0.2) is 9.59 Å².